The molecule has 1 fully saturated rings. The van der Waals surface area contributed by atoms with Crippen LogP contribution in [0.1, 0.15) is 44.0 Å². The van der Waals surface area contributed by atoms with Crippen LogP contribution in [0.4, 0.5) is 0 Å². The van der Waals surface area contributed by atoms with Crippen LogP contribution in [-0.2, 0) is 14.8 Å². The van der Waals surface area contributed by atoms with Gasteiger partial charge in [0.05, 0.1) is 16.6 Å². The number of fused-ring (bicyclic) bond motifs is 3. The summed E-state index contributed by atoms with van der Waals surface area (Å²) in [6, 6.07) is 8.57. The molecular formula is C22H24N6O3S. The molecule has 1 N–H and O–H groups in total. The third-order valence-corrected chi connectivity index (χ3v) is 7.94. The van der Waals surface area contributed by atoms with Crippen LogP contribution >= 0.6 is 0 Å². The first-order valence-corrected chi connectivity index (χ1v) is 12.0. The Balaban J connectivity index is 1.61. The van der Waals surface area contributed by atoms with Gasteiger partial charge in [0.2, 0.25) is 5.91 Å². The molecule has 0 radical (unpaired) electrons. The Morgan fingerprint density at radius 3 is 2.59 bits per heavy atom. The van der Waals surface area contributed by atoms with E-state index in [1.807, 2.05) is 11.3 Å². The molecule has 10 heteroatoms. The fourth-order valence-electron chi connectivity index (χ4n) is 4.72. The first-order valence-electron chi connectivity index (χ1n) is 10.6. The van der Waals surface area contributed by atoms with Gasteiger partial charge in [-0.1, -0.05) is 24.6 Å². The number of hydrogen-bond donors (Lipinski definition) is 1. The van der Waals surface area contributed by atoms with Crippen molar-refractivity contribution in [2.45, 2.75) is 50.5 Å². The molecule has 3 aromatic heterocycles. The molecule has 1 saturated carbocycles. The molecule has 1 amide bonds. The van der Waals surface area contributed by atoms with Crippen molar-refractivity contribution in [2.75, 3.05) is 0 Å². The second-order valence-corrected chi connectivity index (χ2v) is 10.4. The highest BCUT2D eigenvalue weighted by molar-refractivity contribution is 7.90. The second-order valence-electron chi connectivity index (χ2n) is 8.60. The van der Waals surface area contributed by atoms with Crippen molar-refractivity contribution in [3.63, 3.8) is 0 Å². The van der Waals surface area contributed by atoms with Crippen LogP contribution in [0.25, 0.3) is 16.8 Å². The fraction of sp³-hybridized carbons (Fsp3) is 0.364. The van der Waals surface area contributed by atoms with Crippen LogP contribution in [0.3, 0.4) is 0 Å². The molecule has 1 aromatic carbocycles. The van der Waals surface area contributed by atoms with Gasteiger partial charge in [0.1, 0.15) is 5.82 Å². The number of nitrogens with zero attached hydrogens (tertiary/aromatic N) is 5. The van der Waals surface area contributed by atoms with Crippen molar-refractivity contribution in [3.8, 4) is 0 Å². The zero-order valence-electron chi connectivity index (χ0n) is 18.1. The zero-order valence-corrected chi connectivity index (χ0v) is 18.9. The molecule has 3 atom stereocenters. The fourth-order valence-corrected chi connectivity index (χ4v) is 6.02. The number of carbonyl (C=O) groups excluding carboxylic acids is 1. The number of amides is 1. The Kier molecular flexibility index (Phi) is 4.77. The van der Waals surface area contributed by atoms with Crippen molar-refractivity contribution in [2.24, 2.45) is 5.92 Å². The van der Waals surface area contributed by atoms with Crippen molar-refractivity contribution in [1.29, 1.82) is 0 Å². The number of aromatic nitrogens is 5. The molecule has 0 unspecified atom stereocenters. The highest BCUT2D eigenvalue weighted by Crippen LogP contribution is 2.39. The van der Waals surface area contributed by atoms with Crippen molar-refractivity contribution < 1.29 is 13.2 Å². The number of hydrogen-bond acceptors (Lipinski definition) is 6. The highest BCUT2D eigenvalue weighted by atomic mass is 32.2. The predicted octanol–water partition coefficient (Wildman–Crippen LogP) is 2.64. The van der Waals surface area contributed by atoms with Gasteiger partial charge >= 0.3 is 0 Å². The molecule has 1 aliphatic rings. The summed E-state index contributed by atoms with van der Waals surface area (Å²) in [5, 5.41) is 11.7. The Labute approximate surface area is 185 Å². The summed E-state index contributed by atoms with van der Waals surface area (Å²) < 4.78 is 29.6. The Bertz CT molecular complexity index is 1440. The van der Waals surface area contributed by atoms with Crippen LogP contribution < -0.4 is 5.32 Å². The maximum atomic E-state index is 13.3. The van der Waals surface area contributed by atoms with Gasteiger partial charge in [0.15, 0.2) is 11.3 Å². The summed E-state index contributed by atoms with van der Waals surface area (Å²) >= 11 is 0. The average Bonchev–Trinajstić information content (AvgIpc) is 3.43. The van der Waals surface area contributed by atoms with Gasteiger partial charge in [-0.05, 0) is 43.9 Å². The number of carbonyl (C=O) groups is 1. The van der Waals surface area contributed by atoms with E-state index in [-0.39, 0.29) is 22.8 Å². The van der Waals surface area contributed by atoms with E-state index in [4.69, 9.17) is 0 Å². The minimum absolute atomic E-state index is 0.0427. The van der Waals surface area contributed by atoms with Crippen molar-refractivity contribution in [1.82, 2.24) is 28.9 Å². The normalized spacial score (nSPS) is 21.4. The molecule has 166 valence electrons. The van der Waals surface area contributed by atoms with Gasteiger partial charge < -0.3 is 5.32 Å². The summed E-state index contributed by atoms with van der Waals surface area (Å²) in [6.45, 7) is 5.57. The summed E-state index contributed by atoms with van der Waals surface area (Å²) in [6.07, 6.45) is 4.68. The van der Waals surface area contributed by atoms with Crippen molar-refractivity contribution in [3.05, 3.63) is 54.1 Å². The maximum Gasteiger partial charge on any atom is 0.269 e. The molecule has 9 nitrogen and oxygen atoms in total. The smallest absolute Gasteiger partial charge is 0.269 e. The van der Waals surface area contributed by atoms with Crippen LogP contribution in [-0.4, -0.2) is 43.9 Å². The molecule has 0 bridgehead atoms. The Hall–Kier alpha value is -3.27. The summed E-state index contributed by atoms with van der Waals surface area (Å²) in [4.78, 5) is 16.1. The van der Waals surface area contributed by atoms with E-state index < -0.39 is 10.0 Å². The molecule has 1 aliphatic carbocycles. The van der Waals surface area contributed by atoms with Gasteiger partial charge in [0.25, 0.3) is 10.0 Å². The molecule has 5 rings (SSSR count). The van der Waals surface area contributed by atoms with Crippen LogP contribution in [0.5, 0.6) is 0 Å². The lowest BCUT2D eigenvalue weighted by atomic mass is 9.97. The lowest BCUT2D eigenvalue weighted by Gasteiger charge is -2.13. The third-order valence-electron chi connectivity index (χ3n) is 6.26. The minimum Gasteiger partial charge on any atom is -0.354 e. The van der Waals surface area contributed by atoms with Gasteiger partial charge in [-0.2, -0.15) is 0 Å². The average molecular weight is 453 g/mol. The topological polar surface area (TPSA) is 111 Å². The van der Waals surface area contributed by atoms with E-state index in [9.17, 15) is 13.2 Å². The summed E-state index contributed by atoms with van der Waals surface area (Å²) in [5.41, 5.74) is 2.50. The molecule has 4 aromatic rings. The standard InChI is InChI=1S/C22H24N6O3S/c1-13-4-6-17(7-5-13)32(30,31)27-9-8-19-22(27)23-12-20-25-26-21(28(19)20)18-11-16(10-14(18)2)24-15(3)29/h4-9,12,14,16,18H,10-11H2,1-3H3,(H,24,29)/t14-,16+,18+/m1/s1. The SMILES string of the molecule is CC(=O)N[C@H]1C[C@@H](C)[C@@H](c2nnc3cnc4c(ccn4S(=O)(=O)c4ccc(C)cc4)n23)C1. The monoisotopic (exact) mass is 452 g/mol. The van der Waals surface area contributed by atoms with E-state index in [0.717, 1.165) is 24.2 Å². The molecule has 3 heterocycles. The molecule has 0 aliphatic heterocycles. The molecule has 0 spiro atoms. The van der Waals surface area contributed by atoms with E-state index >= 15 is 0 Å². The highest BCUT2D eigenvalue weighted by Gasteiger charge is 2.36. The van der Waals surface area contributed by atoms with E-state index in [2.05, 4.69) is 27.4 Å². The van der Waals surface area contributed by atoms with Crippen LogP contribution in [0.2, 0.25) is 0 Å². The van der Waals surface area contributed by atoms with Gasteiger partial charge in [-0.15, -0.1) is 10.2 Å². The predicted molar refractivity (Wildman–Crippen MR) is 119 cm³/mol. The van der Waals surface area contributed by atoms with Crippen molar-refractivity contribution >= 4 is 32.7 Å². The largest absolute Gasteiger partial charge is 0.354 e. The first-order chi connectivity index (χ1) is 15.3. The molecular weight excluding hydrogens is 428 g/mol. The number of benzene rings is 1. The van der Waals surface area contributed by atoms with E-state index in [1.165, 1.54) is 17.1 Å². The molecule has 0 saturated heterocycles. The number of rotatable bonds is 4. The number of nitrogens with one attached hydrogen (secondary N) is 1. The van der Waals surface area contributed by atoms with E-state index in [1.54, 1.807) is 36.5 Å². The Morgan fingerprint density at radius 2 is 1.88 bits per heavy atom. The van der Waals surface area contributed by atoms with Crippen LogP contribution in [0, 0.1) is 12.8 Å². The van der Waals surface area contributed by atoms with Crippen LogP contribution in [0.15, 0.2) is 47.6 Å². The summed E-state index contributed by atoms with van der Waals surface area (Å²) in [5.74, 6) is 1.10. The number of aryl methyl sites for hydroxylation is 1. The lowest BCUT2D eigenvalue weighted by Crippen LogP contribution is -2.30. The second kappa shape index (κ2) is 7.40. The minimum atomic E-state index is -3.80. The van der Waals surface area contributed by atoms with Gasteiger partial charge in [-0.25, -0.2) is 17.4 Å². The summed E-state index contributed by atoms with van der Waals surface area (Å²) in [7, 11) is -3.80. The lowest BCUT2D eigenvalue weighted by molar-refractivity contribution is -0.119. The Morgan fingerprint density at radius 1 is 1.12 bits per heavy atom. The van der Waals surface area contributed by atoms with E-state index in [0.29, 0.717) is 22.7 Å². The quantitative estimate of drug-likeness (QED) is 0.510. The zero-order chi connectivity index (χ0) is 22.6. The maximum absolute atomic E-state index is 13.3. The third kappa shape index (κ3) is 3.26. The first kappa shape index (κ1) is 20.6. The van der Waals surface area contributed by atoms with Gasteiger partial charge in [0, 0.05) is 25.1 Å². The molecule has 32 heavy (non-hydrogen) atoms. The van der Waals surface area contributed by atoms with Gasteiger partial charge in [-0.3, -0.25) is 9.20 Å².